The van der Waals surface area contributed by atoms with Crippen molar-refractivity contribution in [3.05, 3.63) is 48.7 Å². The van der Waals surface area contributed by atoms with Crippen molar-refractivity contribution in [1.29, 1.82) is 0 Å². The molecule has 0 atom stereocenters. The summed E-state index contributed by atoms with van der Waals surface area (Å²) in [5.74, 6) is 2.08. The number of hydrogen-bond donors (Lipinski definition) is 0. The highest BCUT2D eigenvalue weighted by molar-refractivity contribution is 5.86. The van der Waals surface area contributed by atoms with Gasteiger partial charge in [-0.25, -0.2) is 4.98 Å². The largest absolute Gasteiger partial charge is 0.493 e. The second-order valence-corrected chi connectivity index (χ2v) is 5.25. The molecule has 0 saturated heterocycles. The van der Waals surface area contributed by atoms with E-state index < -0.39 is 0 Å². The summed E-state index contributed by atoms with van der Waals surface area (Å²) in [6, 6.07) is 8.39. The minimum Gasteiger partial charge on any atom is -0.493 e. The van der Waals surface area contributed by atoms with Gasteiger partial charge < -0.3 is 13.9 Å². The molecule has 4 nitrogen and oxygen atoms in total. The second kappa shape index (κ2) is 6.04. The fourth-order valence-corrected chi connectivity index (χ4v) is 2.59. The Labute approximate surface area is 125 Å². The van der Waals surface area contributed by atoms with Crippen LogP contribution in [0.2, 0.25) is 0 Å². The molecule has 0 aliphatic carbocycles. The number of hydrogen-bond acceptors (Lipinski definition) is 2. The van der Waals surface area contributed by atoms with Gasteiger partial charge in [-0.1, -0.05) is 13.0 Å². The summed E-state index contributed by atoms with van der Waals surface area (Å²) in [7, 11) is 2.03. The summed E-state index contributed by atoms with van der Waals surface area (Å²) < 4.78 is 10.2. The first kappa shape index (κ1) is 13.7. The third-order valence-corrected chi connectivity index (χ3v) is 3.73. The lowest BCUT2D eigenvalue weighted by molar-refractivity contribution is 0.321. The van der Waals surface area contributed by atoms with Crippen LogP contribution < -0.4 is 4.74 Å². The van der Waals surface area contributed by atoms with Gasteiger partial charge in [0.25, 0.3) is 0 Å². The van der Waals surface area contributed by atoms with Crippen molar-refractivity contribution < 1.29 is 4.74 Å². The Hall–Kier alpha value is -2.23. The number of fused-ring (bicyclic) bond motifs is 1. The van der Waals surface area contributed by atoms with Gasteiger partial charge in [0.15, 0.2) is 0 Å². The zero-order valence-corrected chi connectivity index (χ0v) is 12.6. The molecule has 2 aromatic heterocycles. The molecule has 0 aliphatic heterocycles. The highest BCUT2D eigenvalue weighted by Gasteiger charge is 2.07. The van der Waals surface area contributed by atoms with Crippen molar-refractivity contribution in [3.8, 4) is 5.75 Å². The highest BCUT2D eigenvalue weighted by atomic mass is 16.5. The summed E-state index contributed by atoms with van der Waals surface area (Å²) in [4.78, 5) is 4.38. The van der Waals surface area contributed by atoms with Crippen molar-refractivity contribution in [3.63, 3.8) is 0 Å². The van der Waals surface area contributed by atoms with Gasteiger partial charge in [0.1, 0.15) is 11.6 Å². The van der Waals surface area contributed by atoms with E-state index in [-0.39, 0.29) is 0 Å². The predicted octanol–water partition coefficient (Wildman–Crippen LogP) is 3.41. The molecule has 3 aromatic rings. The minimum absolute atomic E-state index is 0.761. The van der Waals surface area contributed by atoms with Crippen LogP contribution in [0.4, 0.5) is 0 Å². The topological polar surface area (TPSA) is 32.0 Å². The van der Waals surface area contributed by atoms with Gasteiger partial charge in [-0.2, -0.15) is 0 Å². The van der Waals surface area contributed by atoms with E-state index in [1.165, 1.54) is 10.9 Å². The number of rotatable bonds is 6. The van der Waals surface area contributed by atoms with Crippen LogP contribution in [0.5, 0.6) is 5.75 Å². The van der Waals surface area contributed by atoms with Gasteiger partial charge in [0, 0.05) is 44.0 Å². The first-order valence-electron chi connectivity index (χ1n) is 7.46. The normalized spacial score (nSPS) is 11.1. The molecule has 3 rings (SSSR count). The number of nitrogens with zero attached hydrogens (tertiary/aromatic N) is 3. The zero-order chi connectivity index (χ0) is 14.7. The fraction of sp³-hybridized carbons (Fsp3) is 0.353. The molecule has 1 aromatic carbocycles. The lowest BCUT2D eigenvalue weighted by atomic mass is 10.2. The molecule has 0 unspecified atom stereocenters. The zero-order valence-electron chi connectivity index (χ0n) is 12.6. The molecule has 0 N–H and O–H groups in total. The lowest BCUT2D eigenvalue weighted by Crippen LogP contribution is -2.04. The van der Waals surface area contributed by atoms with E-state index in [4.69, 9.17) is 4.74 Å². The minimum atomic E-state index is 0.761. The molecule has 2 heterocycles. The van der Waals surface area contributed by atoms with Gasteiger partial charge in [-0.05, 0) is 24.6 Å². The van der Waals surface area contributed by atoms with Crippen molar-refractivity contribution >= 4 is 10.9 Å². The van der Waals surface area contributed by atoms with E-state index in [9.17, 15) is 0 Å². The molecule has 0 spiro atoms. The van der Waals surface area contributed by atoms with Gasteiger partial charge in [-0.15, -0.1) is 0 Å². The number of aryl methyl sites for hydroxylation is 3. The molecule has 0 aliphatic rings. The second-order valence-electron chi connectivity index (χ2n) is 5.25. The Bertz CT molecular complexity index is 727. The molecular formula is C17H21N3O. The van der Waals surface area contributed by atoms with Gasteiger partial charge >= 0.3 is 0 Å². The van der Waals surface area contributed by atoms with Crippen LogP contribution in [0.1, 0.15) is 19.2 Å². The Morgan fingerprint density at radius 3 is 2.86 bits per heavy atom. The van der Waals surface area contributed by atoms with Crippen LogP contribution in [0.25, 0.3) is 10.9 Å². The SMILES string of the molecule is CCCOc1cccc2c1ccn2CCc1nccn1C. The van der Waals surface area contributed by atoms with E-state index in [2.05, 4.69) is 45.4 Å². The average molecular weight is 283 g/mol. The first-order valence-corrected chi connectivity index (χ1v) is 7.46. The maximum absolute atomic E-state index is 5.82. The van der Waals surface area contributed by atoms with E-state index in [0.717, 1.165) is 37.6 Å². The van der Waals surface area contributed by atoms with Crippen LogP contribution in [-0.2, 0) is 20.0 Å². The molecule has 21 heavy (non-hydrogen) atoms. The summed E-state index contributed by atoms with van der Waals surface area (Å²) in [5.41, 5.74) is 1.22. The maximum atomic E-state index is 5.82. The summed E-state index contributed by atoms with van der Waals surface area (Å²) in [5, 5.41) is 1.19. The summed E-state index contributed by atoms with van der Waals surface area (Å²) in [6.07, 6.45) is 7.91. The smallest absolute Gasteiger partial charge is 0.128 e. The molecule has 0 fully saturated rings. The van der Waals surface area contributed by atoms with E-state index in [0.29, 0.717) is 0 Å². The number of imidazole rings is 1. The monoisotopic (exact) mass is 283 g/mol. The fourth-order valence-electron chi connectivity index (χ4n) is 2.59. The Balaban J connectivity index is 1.81. The van der Waals surface area contributed by atoms with E-state index >= 15 is 0 Å². The number of aromatic nitrogens is 3. The van der Waals surface area contributed by atoms with Crippen molar-refractivity contribution in [2.24, 2.45) is 7.05 Å². The Morgan fingerprint density at radius 1 is 1.19 bits per heavy atom. The molecule has 0 amide bonds. The summed E-state index contributed by atoms with van der Waals surface area (Å²) >= 11 is 0. The van der Waals surface area contributed by atoms with Crippen LogP contribution in [0.15, 0.2) is 42.9 Å². The highest BCUT2D eigenvalue weighted by Crippen LogP contribution is 2.26. The molecule has 0 bridgehead atoms. The maximum Gasteiger partial charge on any atom is 0.128 e. The van der Waals surface area contributed by atoms with Gasteiger partial charge in [-0.3, -0.25) is 0 Å². The van der Waals surface area contributed by atoms with Crippen LogP contribution in [-0.4, -0.2) is 20.7 Å². The third kappa shape index (κ3) is 2.79. The van der Waals surface area contributed by atoms with Gasteiger partial charge in [0.05, 0.1) is 12.1 Å². The molecular weight excluding hydrogens is 262 g/mol. The standard InChI is InChI=1S/C17H21N3O/c1-3-13-21-16-6-4-5-15-14(16)7-10-20(15)11-8-17-18-9-12-19(17)2/h4-7,9-10,12H,3,8,11,13H2,1-2H3. The number of benzene rings is 1. The lowest BCUT2D eigenvalue weighted by Gasteiger charge is -2.08. The van der Waals surface area contributed by atoms with Crippen LogP contribution >= 0.6 is 0 Å². The van der Waals surface area contributed by atoms with E-state index in [1.54, 1.807) is 0 Å². The third-order valence-electron chi connectivity index (χ3n) is 3.73. The van der Waals surface area contributed by atoms with Gasteiger partial charge in [0.2, 0.25) is 0 Å². The van der Waals surface area contributed by atoms with E-state index in [1.807, 2.05) is 25.5 Å². The molecule has 0 saturated carbocycles. The predicted molar refractivity (Wildman–Crippen MR) is 84.6 cm³/mol. The average Bonchev–Trinajstić information content (AvgIpc) is 3.09. The molecule has 4 heteroatoms. The molecule has 0 radical (unpaired) electrons. The molecule has 110 valence electrons. The van der Waals surface area contributed by atoms with Crippen LogP contribution in [0.3, 0.4) is 0 Å². The van der Waals surface area contributed by atoms with Crippen molar-refractivity contribution in [2.45, 2.75) is 26.3 Å². The van der Waals surface area contributed by atoms with Crippen molar-refractivity contribution in [1.82, 2.24) is 14.1 Å². The number of ether oxygens (including phenoxy) is 1. The quantitative estimate of drug-likeness (QED) is 0.694. The van der Waals surface area contributed by atoms with Crippen molar-refractivity contribution in [2.75, 3.05) is 6.61 Å². The van der Waals surface area contributed by atoms with Crippen LogP contribution in [0, 0.1) is 0 Å². The first-order chi connectivity index (χ1) is 10.3. The summed E-state index contributed by atoms with van der Waals surface area (Å²) in [6.45, 7) is 3.81. The Morgan fingerprint density at radius 2 is 2.10 bits per heavy atom. The Kier molecular flexibility index (Phi) is 3.95.